The van der Waals surface area contributed by atoms with Crippen molar-refractivity contribution in [3.8, 4) is 10.4 Å². The number of hydrogen-bond acceptors (Lipinski definition) is 8. The summed E-state index contributed by atoms with van der Waals surface area (Å²) in [5.74, 6) is 1.46. The van der Waals surface area contributed by atoms with Crippen LogP contribution in [-0.2, 0) is 4.74 Å². The van der Waals surface area contributed by atoms with Crippen LogP contribution in [0.5, 0.6) is 0 Å². The van der Waals surface area contributed by atoms with Crippen molar-refractivity contribution in [3.05, 3.63) is 59.2 Å². The van der Waals surface area contributed by atoms with Crippen LogP contribution in [0.15, 0.2) is 53.6 Å². The van der Waals surface area contributed by atoms with Crippen molar-refractivity contribution in [3.63, 3.8) is 0 Å². The summed E-state index contributed by atoms with van der Waals surface area (Å²) in [6.45, 7) is 5.37. The van der Waals surface area contributed by atoms with Crippen molar-refractivity contribution >= 4 is 49.9 Å². The van der Waals surface area contributed by atoms with E-state index in [1.165, 1.54) is 15.4 Å². The minimum Gasteiger partial charge on any atom is -0.378 e. The van der Waals surface area contributed by atoms with Gasteiger partial charge in [0, 0.05) is 22.8 Å². The van der Waals surface area contributed by atoms with Crippen LogP contribution >= 0.6 is 22.7 Å². The molecule has 0 aliphatic carbocycles. The third-order valence-electron chi connectivity index (χ3n) is 4.86. The van der Waals surface area contributed by atoms with Crippen LogP contribution in [0.2, 0.25) is 0 Å². The predicted molar refractivity (Wildman–Crippen MR) is 126 cm³/mol. The zero-order valence-corrected chi connectivity index (χ0v) is 18.2. The average Bonchev–Trinajstić information content (AvgIpc) is 3.42. The van der Waals surface area contributed by atoms with Crippen LogP contribution in [0.25, 0.3) is 20.7 Å². The normalized spacial score (nSPS) is 14.6. The van der Waals surface area contributed by atoms with E-state index >= 15 is 0 Å². The Balaban J connectivity index is 1.36. The van der Waals surface area contributed by atoms with E-state index in [1.807, 2.05) is 31.3 Å². The molecule has 0 unspecified atom stereocenters. The Hall–Kier alpha value is -2.81. The van der Waals surface area contributed by atoms with E-state index in [9.17, 15) is 0 Å². The third kappa shape index (κ3) is 4.07. The molecule has 6 nitrogen and oxygen atoms in total. The van der Waals surface area contributed by atoms with Crippen LogP contribution in [0.4, 0.5) is 10.8 Å². The first-order chi connectivity index (χ1) is 14.8. The summed E-state index contributed by atoms with van der Waals surface area (Å²) in [7, 11) is 0. The summed E-state index contributed by atoms with van der Waals surface area (Å²) in [5.41, 5.74) is 4.31. The Bertz CT molecular complexity index is 1180. The maximum absolute atomic E-state index is 5.43. The van der Waals surface area contributed by atoms with Gasteiger partial charge in [-0.15, -0.1) is 22.7 Å². The molecular formula is C22H21N5OS2. The number of rotatable bonds is 5. The zero-order valence-electron chi connectivity index (χ0n) is 16.5. The number of morpholine rings is 1. The number of nitrogens with one attached hydrogen (secondary N) is 1. The molecule has 1 aliphatic heterocycles. The molecule has 0 amide bonds. The molecular weight excluding hydrogens is 414 g/mol. The SMILES string of the molecule is Cc1nc(N/N=C/c2ccc(N3CCOCC3)s2)c2cc(-c3ccccc3)sc2n1. The van der Waals surface area contributed by atoms with Crippen molar-refractivity contribution in [2.75, 3.05) is 36.6 Å². The Morgan fingerprint density at radius 1 is 1.07 bits per heavy atom. The molecule has 0 bridgehead atoms. The van der Waals surface area contributed by atoms with E-state index in [0.717, 1.165) is 53.0 Å². The standard InChI is InChI=1S/C22H21N5OS2/c1-15-24-21(18-13-19(30-22(18)25-15)16-5-3-2-4-6-16)26-23-14-17-7-8-20(29-17)27-9-11-28-12-10-27/h2-8,13-14H,9-12H2,1H3,(H,24,25,26)/b23-14+. The number of thiophene rings is 2. The van der Waals surface area contributed by atoms with Gasteiger partial charge in [0.1, 0.15) is 10.7 Å². The molecule has 0 atom stereocenters. The molecule has 0 spiro atoms. The van der Waals surface area contributed by atoms with E-state index in [1.54, 1.807) is 22.7 Å². The van der Waals surface area contributed by atoms with Gasteiger partial charge in [0.25, 0.3) is 0 Å². The molecule has 3 aromatic heterocycles. The summed E-state index contributed by atoms with van der Waals surface area (Å²) >= 11 is 3.40. The van der Waals surface area contributed by atoms with Crippen molar-refractivity contribution in [2.45, 2.75) is 6.92 Å². The predicted octanol–water partition coefficient (Wildman–Crippen LogP) is 5.01. The third-order valence-corrected chi connectivity index (χ3v) is 7.02. The Morgan fingerprint density at radius 3 is 2.73 bits per heavy atom. The lowest BCUT2D eigenvalue weighted by molar-refractivity contribution is 0.123. The highest BCUT2D eigenvalue weighted by Crippen LogP contribution is 2.35. The fraction of sp³-hybridized carbons (Fsp3) is 0.227. The molecule has 0 saturated carbocycles. The first-order valence-electron chi connectivity index (χ1n) is 9.81. The van der Waals surface area contributed by atoms with E-state index in [4.69, 9.17) is 4.74 Å². The lowest BCUT2D eigenvalue weighted by atomic mass is 10.2. The van der Waals surface area contributed by atoms with Gasteiger partial charge in [0.15, 0.2) is 5.82 Å². The van der Waals surface area contributed by atoms with Gasteiger partial charge in [0.2, 0.25) is 0 Å². The molecule has 30 heavy (non-hydrogen) atoms. The average molecular weight is 436 g/mol. The quantitative estimate of drug-likeness (QED) is 0.353. The maximum Gasteiger partial charge on any atom is 0.158 e. The highest BCUT2D eigenvalue weighted by molar-refractivity contribution is 7.22. The number of aryl methyl sites for hydroxylation is 1. The van der Waals surface area contributed by atoms with E-state index in [2.05, 4.69) is 55.7 Å². The first-order valence-corrected chi connectivity index (χ1v) is 11.4. The van der Waals surface area contributed by atoms with Gasteiger partial charge >= 0.3 is 0 Å². The van der Waals surface area contributed by atoms with Gasteiger partial charge in [-0.2, -0.15) is 5.10 Å². The number of hydrazone groups is 1. The van der Waals surface area contributed by atoms with Gasteiger partial charge in [-0.3, -0.25) is 5.43 Å². The number of fused-ring (bicyclic) bond motifs is 1. The number of hydrogen-bond donors (Lipinski definition) is 1. The van der Waals surface area contributed by atoms with Gasteiger partial charge in [-0.1, -0.05) is 30.3 Å². The zero-order chi connectivity index (χ0) is 20.3. The number of anilines is 2. The Morgan fingerprint density at radius 2 is 1.90 bits per heavy atom. The number of nitrogens with zero attached hydrogens (tertiary/aromatic N) is 4. The monoisotopic (exact) mass is 435 g/mol. The van der Waals surface area contributed by atoms with Crippen molar-refractivity contribution < 1.29 is 4.74 Å². The maximum atomic E-state index is 5.43. The largest absolute Gasteiger partial charge is 0.378 e. The van der Waals surface area contributed by atoms with Gasteiger partial charge in [-0.25, -0.2) is 9.97 Å². The highest BCUT2D eigenvalue weighted by Gasteiger charge is 2.13. The minimum absolute atomic E-state index is 0.729. The Labute approximate surface area is 182 Å². The molecule has 5 rings (SSSR count). The highest BCUT2D eigenvalue weighted by atomic mass is 32.1. The molecule has 1 saturated heterocycles. The second-order valence-corrected chi connectivity index (χ2v) is 9.08. The summed E-state index contributed by atoms with van der Waals surface area (Å²) in [4.78, 5) is 14.8. The molecule has 4 aromatic rings. The van der Waals surface area contributed by atoms with Crippen molar-refractivity contribution in [1.29, 1.82) is 0 Å². The van der Waals surface area contributed by atoms with Crippen LogP contribution in [0.1, 0.15) is 10.7 Å². The number of benzene rings is 1. The molecule has 4 heterocycles. The van der Waals surface area contributed by atoms with E-state index < -0.39 is 0 Å². The van der Waals surface area contributed by atoms with Gasteiger partial charge in [-0.05, 0) is 30.7 Å². The smallest absolute Gasteiger partial charge is 0.158 e. The van der Waals surface area contributed by atoms with Crippen LogP contribution in [0.3, 0.4) is 0 Å². The summed E-state index contributed by atoms with van der Waals surface area (Å²) in [6.07, 6.45) is 1.85. The van der Waals surface area contributed by atoms with E-state index in [-0.39, 0.29) is 0 Å². The molecule has 8 heteroatoms. The molecule has 1 aliphatic rings. The topological polar surface area (TPSA) is 62.6 Å². The van der Waals surface area contributed by atoms with Crippen LogP contribution in [0, 0.1) is 6.92 Å². The molecule has 1 N–H and O–H groups in total. The summed E-state index contributed by atoms with van der Waals surface area (Å²) in [6, 6.07) is 16.7. The van der Waals surface area contributed by atoms with Crippen molar-refractivity contribution in [2.24, 2.45) is 5.10 Å². The summed E-state index contributed by atoms with van der Waals surface area (Å²) < 4.78 is 5.43. The van der Waals surface area contributed by atoms with Crippen LogP contribution < -0.4 is 10.3 Å². The number of ether oxygens (including phenoxy) is 1. The lowest BCUT2D eigenvalue weighted by Gasteiger charge is -2.27. The van der Waals surface area contributed by atoms with Crippen molar-refractivity contribution in [1.82, 2.24) is 9.97 Å². The second-order valence-electron chi connectivity index (χ2n) is 6.96. The summed E-state index contributed by atoms with van der Waals surface area (Å²) in [5, 5.41) is 6.69. The molecule has 1 fully saturated rings. The molecule has 0 radical (unpaired) electrons. The van der Waals surface area contributed by atoms with Crippen LogP contribution in [-0.4, -0.2) is 42.5 Å². The van der Waals surface area contributed by atoms with E-state index in [0.29, 0.717) is 0 Å². The van der Waals surface area contributed by atoms with Gasteiger partial charge in [0.05, 0.1) is 29.8 Å². The minimum atomic E-state index is 0.729. The molecule has 152 valence electrons. The number of aromatic nitrogens is 2. The van der Waals surface area contributed by atoms with Gasteiger partial charge < -0.3 is 9.64 Å². The fourth-order valence-corrected chi connectivity index (χ4v) is 5.39. The fourth-order valence-electron chi connectivity index (χ4n) is 3.38. The second kappa shape index (κ2) is 8.51. The molecule has 1 aromatic carbocycles. The first kappa shape index (κ1) is 19.2. The Kier molecular flexibility index (Phi) is 5.44. The lowest BCUT2D eigenvalue weighted by Crippen LogP contribution is -2.35.